The number of hydrogen-bond acceptors (Lipinski definition) is 3. The van der Waals surface area contributed by atoms with Gasteiger partial charge in [0.2, 0.25) is 0 Å². The van der Waals surface area contributed by atoms with E-state index in [1.54, 1.807) is 31.2 Å². The quantitative estimate of drug-likeness (QED) is 0.922. The minimum Gasteiger partial charge on any atom is -0.454 e. The molecule has 0 aromatic heterocycles. The molecule has 0 amide bonds. The highest BCUT2D eigenvalue weighted by Gasteiger charge is 2.12. The number of rotatable bonds is 3. The molecule has 0 saturated heterocycles. The standard InChI is InChI=1S/C17H17FN2O/c1-10-6-13(9-19)7-11(2)17(10)21-16-5-4-14(12(3)20)8-15(16)18/h4-8,12H,20H2,1-3H3/t12-/m1/s1. The number of benzene rings is 2. The topological polar surface area (TPSA) is 59.0 Å². The van der Waals surface area contributed by atoms with E-state index in [0.717, 1.165) is 11.1 Å². The van der Waals surface area contributed by atoms with Gasteiger partial charge >= 0.3 is 0 Å². The molecular formula is C17H17FN2O. The third-order valence-electron chi connectivity index (χ3n) is 3.28. The van der Waals surface area contributed by atoms with Gasteiger partial charge < -0.3 is 10.5 Å². The minimum atomic E-state index is -0.451. The Morgan fingerprint density at radius 2 is 1.81 bits per heavy atom. The molecule has 4 heteroatoms. The third-order valence-corrected chi connectivity index (χ3v) is 3.28. The Morgan fingerprint density at radius 3 is 2.29 bits per heavy atom. The highest BCUT2D eigenvalue weighted by molar-refractivity contribution is 5.49. The maximum absolute atomic E-state index is 14.1. The molecule has 2 aromatic carbocycles. The monoisotopic (exact) mass is 284 g/mol. The van der Waals surface area contributed by atoms with Crippen LogP contribution in [-0.4, -0.2) is 0 Å². The maximum atomic E-state index is 14.1. The molecule has 0 radical (unpaired) electrons. The van der Waals surface area contributed by atoms with Crippen molar-refractivity contribution in [2.45, 2.75) is 26.8 Å². The summed E-state index contributed by atoms with van der Waals surface area (Å²) in [6, 6.07) is 10.0. The number of nitrogens with two attached hydrogens (primary N) is 1. The highest BCUT2D eigenvalue weighted by Crippen LogP contribution is 2.32. The van der Waals surface area contributed by atoms with E-state index < -0.39 is 5.82 Å². The van der Waals surface area contributed by atoms with Crippen molar-refractivity contribution in [3.05, 3.63) is 58.4 Å². The first kappa shape index (κ1) is 15.0. The first-order chi connectivity index (χ1) is 9.92. The van der Waals surface area contributed by atoms with Crippen LogP contribution < -0.4 is 10.5 Å². The van der Waals surface area contributed by atoms with E-state index in [9.17, 15) is 4.39 Å². The van der Waals surface area contributed by atoms with Crippen LogP contribution >= 0.6 is 0 Å². The van der Waals surface area contributed by atoms with Crippen LogP contribution in [0.15, 0.2) is 30.3 Å². The second-order valence-corrected chi connectivity index (χ2v) is 5.13. The first-order valence-corrected chi connectivity index (χ1v) is 6.66. The van der Waals surface area contributed by atoms with Crippen LogP contribution in [0.1, 0.15) is 35.2 Å². The van der Waals surface area contributed by atoms with E-state index in [4.69, 9.17) is 15.7 Å². The van der Waals surface area contributed by atoms with E-state index in [1.165, 1.54) is 6.07 Å². The zero-order chi connectivity index (χ0) is 15.6. The largest absolute Gasteiger partial charge is 0.454 e. The van der Waals surface area contributed by atoms with Gasteiger partial charge in [0.05, 0.1) is 11.6 Å². The molecule has 0 aliphatic heterocycles. The van der Waals surface area contributed by atoms with Gasteiger partial charge in [-0.1, -0.05) is 6.07 Å². The van der Waals surface area contributed by atoms with E-state index in [0.29, 0.717) is 16.9 Å². The molecule has 0 unspecified atom stereocenters. The Balaban J connectivity index is 2.37. The van der Waals surface area contributed by atoms with Gasteiger partial charge in [0.25, 0.3) is 0 Å². The van der Waals surface area contributed by atoms with Crippen molar-refractivity contribution in [1.82, 2.24) is 0 Å². The van der Waals surface area contributed by atoms with Crippen molar-refractivity contribution in [3.8, 4) is 17.6 Å². The summed E-state index contributed by atoms with van der Waals surface area (Å²) in [5.74, 6) is 0.268. The first-order valence-electron chi connectivity index (χ1n) is 6.66. The highest BCUT2D eigenvalue weighted by atomic mass is 19.1. The molecule has 0 heterocycles. The van der Waals surface area contributed by atoms with Crippen LogP contribution in [0.3, 0.4) is 0 Å². The molecule has 0 saturated carbocycles. The smallest absolute Gasteiger partial charge is 0.166 e. The van der Waals surface area contributed by atoms with Crippen molar-refractivity contribution in [2.24, 2.45) is 5.73 Å². The Morgan fingerprint density at radius 1 is 1.19 bits per heavy atom. The lowest BCUT2D eigenvalue weighted by Gasteiger charge is -2.14. The normalized spacial score (nSPS) is 11.8. The average molecular weight is 284 g/mol. The fraction of sp³-hybridized carbons (Fsp3) is 0.235. The Labute approximate surface area is 123 Å². The Bertz CT molecular complexity index is 694. The number of nitriles is 1. The lowest BCUT2D eigenvalue weighted by atomic mass is 10.1. The summed E-state index contributed by atoms with van der Waals surface area (Å²) < 4.78 is 19.8. The molecule has 21 heavy (non-hydrogen) atoms. The zero-order valence-electron chi connectivity index (χ0n) is 12.3. The summed E-state index contributed by atoms with van der Waals surface area (Å²) in [4.78, 5) is 0. The van der Waals surface area contributed by atoms with Gasteiger partial charge in [0.1, 0.15) is 5.75 Å². The number of aryl methyl sites for hydroxylation is 2. The molecule has 0 fully saturated rings. The van der Waals surface area contributed by atoms with Crippen molar-refractivity contribution in [2.75, 3.05) is 0 Å². The van der Waals surface area contributed by atoms with Gasteiger partial charge in [-0.05, 0) is 61.7 Å². The maximum Gasteiger partial charge on any atom is 0.166 e. The van der Waals surface area contributed by atoms with E-state index in [-0.39, 0.29) is 11.8 Å². The van der Waals surface area contributed by atoms with E-state index in [1.807, 2.05) is 13.8 Å². The van der Waals surface area contributed by atoms with E-state index in [2.05, 4.69) is 6.07 Å². The molecule has 2 aromatic rings. The number of halogens is 1. The van der Waals surface area contributed by atoms with Crippen LogP contribution in [0.4, 0.5) is 4.39 Å². The van der Waals surface area contributed by atoms with Gasteiger partial charge in [-0.25, -0.2) is 4.39 Å². The van der Waals surface area contributed by atoms with Crippen LogP contribution in [0, 0.1) is 31.0 Å². The average Bonchev–Trinajstić information content (AvgIpc) is 2.43. The fourth-order valence-electron chi connectivity index (χ4n) is 2.17. The molecule has 108 valence electrons. The molecule has 0 aliphatic carbocycles. The third kappa shape index (κ3) is 3.21. The predicted molar refractivity (Wildman–Crippen MR) is 79.7 cm³/mol. The lowest BCUT2D eigenvalue weighted by Crippen LogP contribution is -2.05. The van der Waals surface area contributed by atoms with Gasteiger partial charge in [0.15, 0.2) is 11.6 Å². The summed E-state index contributed by atoms with van der Waals surface area (Å²) in [5, 5.41) is 8.93. The summed E-state index contributed by atoms with van der Waals surface area (Å²) in [7, 11) is 0. The van der Waals surface area contributed by atoms with Gasteiger partial charge in [0, 0.05) is 6.04 Å². The molecule has 0 bridgehead atoms. The van der Waals surface area contributed by atoms with Crippen molar-refractivity contribution in [3.63, 3.8) is 0 Å². The van der Waals surface area contributed by atoms with Crippen molar-refractivity contribution >= 4 is 0 Å². The molecule has 0 spiro atoms. The second kappa shape index (κ2) is 5.94. The second-order valence-electron chi connectivity index (χ2n) is 5.13. The van der Waals surface area contributed by atoms with Crippen LogP contribution in [0.5, 0.6) is 11.5 Å². The minimum absolute atomic E-state index is 0.148. The molecule has 0 aliphatic rings. The van der Waals surface area contributed by atoms with Crippen LogP contribution in [-0.2, 0) is 0 Å². The number of ether oxygens (including phenoxy) is 1. The van der Waals surface area contributed by atoms with Gasteiger partial charge in [-0.15, -0.1) is 0 Å². The number of hydrogen-bond donors (Lipinski definition) is 1. The van der Waals surface area contributed by atoms with Crippen LogP contribution in [0.25, 0.3) is 0 Å². The number of nitrogens with zero attached hydrogens (tertiary/aromatic N) is 1. The Hall–Kier alpha value is -2.38. The summed E-state index contributed by atoms with van der Waals surface area (Å²) in [6.07, 6.45) is 0. The molecule has 1 atom stereocenters. The van der Waals surface area contributed by atoms with Gasteiger partial charge in [-0.2, -0.15) is 5.26 Å². The predicted octanol–water partition coefficient (Wildman–Crippen LogP) is 4.13. The fourth-order valence-corrected chi connectivity index (χ4v) is 2.17. The zero-order valence-corrected chi connectivity index (χ0v) is 12.3. The molecule has 2 rings (SSSR count). The van der Waals surface area contributed by atoms with E-state index >= 15 is 0 Å². The lowest BCUT2D eigenvalue weighted by molar-refractivity contribution is 0.436. The van der Waals surface area contributed by atoms with Gasteiger partial charge in [-0.3, -0.25) is 0 Å². The summed E-state index contributed by atoms with van der Waals surface area (Å²) in [6.45, 7) is 5.46. The SMILES string of the molecule is Cc1cc(C#N)cc(C)c1Oc1ccc([C@@H](C)N)cc1F. The molecule has 2 N–H and O–H groups in total. The molecule has 3 nitrogen and oxygen atoms in total. The summed E-state index contributed by atoms with van der Waals surface area (Å²) in [5.41, 5.74) is 8.59. The van der Waals surface area contributed by atoms with Crippen LogP contribution in [0.2, 0.25) is 0 Å². The van der Waals surface area contributed by atoms with Crippen molar-refractivity contribution < 1.29 is 9.13 Å². The molecular weight excluding hydrogens is 267 g/mol. The Kier molecular flexibility index (Phi) is 4.25. The van der Waals surface area contributed by atoms with Crippen molar-refractivity contribution in [1.29, 1.82) is 5.26 Å². The summed E-state index contributed by atoms with van der Waals surface area (Å²) >= 11 is 0.